The van der Waals surface area contributed by atoms with Crippen molar-refractivity contribution in [2.45, 2.75) is 33.4 Å². The van der Waals surface area contributed by atoms with E-state index in [2.05, 4.69) is 84.6 Å². The van der Waals surface area contributed by atoms with Crippen molar-refractivity contribution in [1.82, 2.24) is 25.1 Å². The van der Waals surface area contributed by atoms with Crippen LogP contribution in [0.5, 0.6) is 5.75 Å². The lowest BCUT2D eigenvalue weighted by Crippen LogP contribution is -2.28. The molecule has 1 atom stereocenters. The zero-order valence-electron chi connectivity index (χ0n) is 19.3. The first-order valence-corrected chi connectivity index (χ1v) is 10.7. The van der Waals surface area contributed by atoms with E-state index in [0.717, 1.165) is 34.9 Å². The summed E-state index contributed by atoms with van der Waals surface area (Å²) in [7, 11) is 3.83. The zero-order valence-corrected chi connectivity index (χ0v) is 19.3. The van der Waals surface area contributed by atoms with Crippen molar-refractivity contribution in [2.24, 2.45) is 0 Å². The zero-order chi connectivity index (χ0) is 22.7. The molecule has 1 unspecified atom stereocenters. The monoisotopic (exact) mass is 427 g/mol. The predicted molar refractivity (Wildman–Crippen MR) is 126 cm³/mol. The maximum absolute atomic E-state index is 5.49. The molecule has 0 saturated heterocycles. The molecule has 0 aliphatic carbocycles. The second-order valence-corrected chi connectivity index (χ2v) is 8.14. The fourth-order valence-electron chi connectivity index (χ4n) is 4.18. The van der Waals surface area contributed by atoms with Crippen molar-refractivity contribution in [3.05, 3.63) is 100 Å². The summed E-state index contributed by atoms with van der Waals surface area (Å²) in [6.07, 6.45) is 0. The van der Waals surface area contributed by atoms with Crippen LogP contribution in [0.3, 0.4) is 0 Å². The van der Waals surface area contributed by atoms with Gasteiger partial charge in [-0.15, -0.1) is 5.10 Å². The van der Waals surface area contributed by atoms with Gasteiger partial charge in [0.25, 0.3) is 0 Å². The number of hydrogen-bond donors (Lipinski definition) is 0. The van der Waals surface area contributed by atoms with Gasteiger partial charge < -0.3 is 4.74 Å². The van der Waals surface area contributed by atoms with Gasteiger partial charge in [-0.1, -0.05) is 54.6 Å². The summed E-state index contributed by atoms with van der Waals surface area (Å²) in [5.41, 5.74) is 6.90. The summed E-state index contributed by atoms with van der Waals surface area (Å²) in [5, 5.41) is 12.9. The van der Waals surface area contributed by atoms with Crippen LogP contribution in [-0.4, -0.2) is 39.3 Å². The Bertz CT molecular complexity index is 1200. The highest BCUT2D eigenvalue weighted by molar-refractivity contribution is 5.44. The molecule has 32 heavy (non-hydrogen) atoms. The van der Waals surface area contributed by atoms with Gasteiger partial charge in [-0.25, -0.2) is 0 Å². The summed E-state index contributed by atoms with van der Waals surface area (Å²) < 4.78 is 7.35. The SMILES string of the molecule is COc1ccc(CN(C)C(c2ccccc2)c2nnnn2-c2ccccc2C)c(C)c1C. The summed E-state index contributed by atoms with van der Waals surface area (Å²) in [4.78, 5) is 2.30. The minimum Gasteiger partial charge on any atom is -0.496 e. The highest BCUT2D eigenvalue weighted by atomic mass is 16.5. The molecule has 0 spiro atoms. The van der Waals surface area contributed by atoms with Crippen LogP contribution >= 0.6 is 0 Å². The van der Waals surface area contributed by atoms with Crippen LogP contribution < -0.4 is 4.74 Å². The number of methoxy groups -OCH3 is 1. The first kappa shape index (κ1) is 21.7. The van der Waals surface area contributed by atoms with Gasteiger partial charge >= 0.3 is 0 Å². The van der Waals surface area contributed by atoms with E-state index in [-0.39, 0.29) is 6.04 Å². The Hall–Kier alpha value is -3.51. The van der Waals surface area contributed by atoms with E-state index in [0.29, 0.717) is 0 Å². The molecule has 1 aromatic heterocycles. The van der Waals surface area contributed by atoms with Crippen molar-refractivity contribution in [3.63, 3.8) is 0 Å². The third-order valence-electron chi connectivity index (χ3n) is 6.13. The lowest BCUT2D eigenvalue weighted by molar-refractivity contribution is 0.257. The van der Waals surface area contributed by atoms with Crippen LogP contribution in [0.4, 0.5) is 0 Å². The molecular weight excluding hydrogens is 398 g/mol. The van der Waals surface area contributed by atoms with Gasteiger partial charge in [0.05, 0.1) is 18.8 Å². The van der Waals surface area contributed by atoms with E-state index in [9.17, 15) is 0 Å². The van der Waals surface area contributed by atoms with Gasteiger partial charge in [0.2, 0.25) is 0 Å². The van der Waals surface area contributed by atoms with E-state index in [1.54, 1.807) is 7.11 Å². The van der Waals surface area contributed by atoms with Gasteiger partial charge in [-0.05, 0) is 78.2 Å². The number of nitrogens with zero attached hydrogens (tertiary/aromatic N) is 5. The number of hydrogen-bond acceptors (Lipinski definition) is 5. The molecule has 6 nitrogen and oxygen atoms in total. The lowest BCUT2D eigenvalue weighted by Gasteiger charge is -2.28. The minimum atomic E-state index is -0.118. The second-order valence-electron chi connectivity index (χ2n) is 8.14. The largest absolute Gasteiger partial charge is 0.496 e. The molecule has 6 heteroatoms. The van der Waals surface area contributed by atoms with Gasteiger partial charge in [-0.3, -0.25) is 4.90 Å². The smallest absolute Gasteiger partial charge is 0.178 e. The molecule has 0 radical (unpaired) electrons. The first-order valence-electron chi connectivity index (χ1n) is 10.7. The summed E-state index contributed by atoms with van der Waals surface area (Å²) in [6, 6.07) is 22.6. The Kier molecular flexibility index (Phi) is 6.32. The number of aromatic nitrogens is 4. The van der Waals surface area contributed by atoms with Crippen LogP contribution in [0.15, 0.2) is 66.7 Å². The molecule has 0 bridgehead atoms. The van der Waals surface area contributed by atoms with Crippen LogP contribution in [0.1, 0.15) is 39.7 Å². The minimum absolute atomic E-state index is 0.118. The van der Waals surface area contributed by atoms with E-state index < -0.39 is 0 Å². The maximum Gasteiger partial charge on any atom is 0.178 e. The Morgan fingerprint density at radius 1 is 0.906 bits per heavy atom. The molecule has 3 aromatic carbocycles. The maximum atomic E-state index is 5.49. The lowest BCUT2D eigenvalue weighted by atomic mass is 9.99. The molecule has 4 aromatic rings. The van der Waals surface area contributed by atoms with Crippen molar-refractivity contribution < 1.29 is 4.74 Å². The van der Waals surface area contributed by atoms with Crippen molar-refractivity contribution >= 4 is 0 Å². The summed E-state index contributed by atoms with van der Waals surface area (Å²) in [5.74, 6) is 1.70. The Morgan fingerprint density at radius 3 is 2.34 bits per heavy atom. The molecule has 0 saturated carbocycles. The molecule has 0 aliphatic heterocycles. The Labute approximate surface area is 189 Å². The molecular formula is C26H29N5O. The third-order valence-corrected chi connectivity index (χ3v) is 6.13. The van der Waals surface area contributed by atoms with Crippen LogP contribution in [0.2, 0.25) is 0 Å². The topological polar surface area (TPSA) is 56.1 Å². The molecule has 164 valence electrons. The van der Waals surface area contributed by atoms with Crippen LogP contribution in [0, 0.1) is 20.8 Å². The van der Waals surface area contributed by atoms with E-state index in [4.69, 9.17) is 4.74 Å². The highest BCUT2D eigenvalue weighted by Gasteiger charge is 2.27. The number of para-hydroxylation sites is 1. The van der Waals surface area contributed by atoms with Crippen LogP contribution in [0.25, 0.3) is 5.69 Å². The summed E-state index contributed by atoms with van der Waals surface area (Å²) >= 11 is 0. The molecule has 0 N–H and O–H groups in total. The fraction of sp³-hybridized carbons (Fsp3) is 0.269. The highest BCUT2D eigenvalue weighted by Crippen LogP contribution is 2.31. The average Bonchev–Trinajstić information content (AvgIpc) is 3.27. The van der Waals surface area contributed by atoms with E-state index >= 15 is 0 Å². The molecule has 0 fully saturated rings. The quantitative estimate of drug-likeness (QED) is 0.423. The number of benzene rings is 3. The van der Waals surface area contributed by atoms with Gasteiger partial charge in [-0.2, -0.15) is 4.68 Å². The second kappa shape index (κ2) is 9.32. The average molecular weight is 428 g/mol. The number of ether oxygens (including phenoxy) is 1. The summed E-state index contributed by atoms with van der Waals surface area (Å²) in [6.45, 7) is 7.07. The van der Waals surface area contributed by atoms with Gasteiger partial charge in [0, 0.05) is 6.54 Å². The van der Waals surface area contributed by atoms with Gasteiger partial charge in [0.15, 0.2) is 5.82 Å². The number of aryl methyl sites for hydroxylation is 1. The molecule has 1 heterocycles. The molecule has 4 rings (SSSR count). The molecule has 0 amide bonds. The number of tetrazole rings is 1. The number of rotatable bonds is 7. The fourth-order valence-corrected chi connectivity index (χ4v) is 4.18. The van der Waals surface area contributed by atoms with E-state index in [1.165, 1.54) is 16.7 Å². The standard InChI is InChI=1S/C26H29N5O/c1-18-11-9-10-14-23(18)31-26(27-28-29-31)25(21-12-7-6-8-13-21)30(4)17-22-15-16-24(32-5)20(3)19(22)2/h6-16,25H,17H2,1-5H3. The predicted octanol–water partition coefficient (Wildman–Crippen LogP) is 4.82. The molecule has 0 aliphatic rings. The van der Waals surface area contributed by atoms with Crippen molar-refractivity contribution in [1.29, 1.82) is 0 Å². The first-order chi connectivity index (χ1) is 15.5. The van der Waals surface area contributed by atoms with Crippen molar-refractivity contribution in [3.8, 4) is 11.4 Å². The van der Waals surface area contributed by atoms with Crippen LogP contribution in [-0.2, 0) is 6.54 Å². The van der Waals surface area contributed by atoms with Gasteiger partial charge in [0.1, 0.15) is 5.75 Å². The van der Waals surface area contributed by atoms with E-state index in [1.807, 2.05) is 35.0 Å². The Morgan fingerprint density at radius 2 is 1.62 bits per heavy atom. The normalized spacial score (nSPS) is 12.2. The van der Waals surface area contributed by atoms with Crippen molar-refractivity contribution in [2.75, 3.05) is 14.2 Å². The Balaban J connectivity index is 1.77. The third kappa shape index (κ3) is 4.14.